The number of anilines is 1. The smallest absolute Gasteiger partial charge is 0.357 e. The molecule has 0 spiro atoms. The van der Waals surface area contributed by atoms with E-state index in [1.807, 2.05) is 0 Å². The van der Waals surface area contributed by atoms with E-state index in [9.17, 15) is 9.18 Å². The second kappa shape index (κ2) is 3.77. The Kier molecular flexibility index (Phi) is 2.44. The van der Waals surface area contributed by atoms with Gasteiger partial charge < -0.3 is 10.5 Å². The largest absolute Gasteiger partial charge is 0.464 e. The zero-order chi connectivity index (χ0) is 11.7. The third-order valence-corrected chi connectivity index (χ3v) is 2.28. The average molecular weight is 220 g/mol. The van der Waals surface area contributed by atoms with Crippen molar-refractivity contribution in [3.8, 4) is 0 Å². The third-order valence-electron chi connectivity index (χ3n) is 2.28. The number of aromatic nitrogens is 1. The summed E-state index contributed by atoms with van der Waals surface area (Å²) in [7, 11) is 1.23. The molecule has 0 fully saturated rings. The minimum absolute atomic E-state index is 0.0250. The van der Waals surface area contributed by atoms with Gasteiger partial charge in [0.1, 0.15) is 5.82 Å². The Labute approximate surface area is 90.8 Å². The normalized spacial score (nSPS) is 10.4. The summed E-state index contributed by atoms with van der Waals surface area (Å²) < 4.78 is 18.0. The van der Waals surface area contributed by atoms with Crippen LogP contribution < -0.4 is 5.73 Å². The summed E-state index contributed by atoms with van der Waals surface area (Å²) in [6, 6.07) is 4.11. The molecule has 2 N–H and O–H groups in total. The van der Waals surface area contributed by atoms with Crippen molar-refractivity contribution in [1.29, 1.82) is 0 Å². The molecule has 0 atom stereocenters. The first-order valence-electron chi connectivity index (χ1n) is 4.56. The molecule has 1 aromatic heterocycles. The maximum atomic E-state index is 13.5. The van der Waals surface area contributed by atoms with Crippen molar-refractivity contribution < 1.29 is 13.9 Å². The van der Waals surface area contributed by atoms with Gasteiger partial charge in [-0.3, -0.25) is 0 Å². The molecule has 4 nitrogen and oxygen atoms in total. The Hall–Kier alpha value is -2.17. The first-order chi connectivity index (χ1) is 7.65. The second-order valence-corrected chi connectivity index (χ2v) is 3.21. The van der Waals surface area contributed by atoms with Crippen LogP contribution in [0.3, 0.4) is 0 Å². The average Bonchev–Trinajstić information content (AvgIpc) is 2.32. The van der Waals surface area contributed by atoms with Crippen molar-refractivity contribution in [3.63, 3.8) is 0 Å². The molecule has 16 heavy (non-hydrogen) atoms. The van der Waals surface area contributed by atoms with Crippen LogP contribution in [0.4, 0.5) is 10.1 Å². The van der Waals surface area contributed by atoms with E-state index in [0.29, 0.717) is 5.69 Å². The number of carbonyl (C=O) groups excluding carboxylic acids is 1. The number of rotatable bonds is 1. The number of methoxy groups -OCH3 is 1. The minimum atomic E-state index is -0.636. The van der Waals surface area contributed by atoms with Crippen molar-refractivity contribution in [2.75, 3.05) is 12.8 Å². The van der Waals surface area contributed by atoms with Gasteiger partial charge in [0.25, 0.3) is 0 Å². The summed E-state index contributed by atoms with van der Waals surface area (Å²) in [6.07, 6.45) is 1.34. The van der Waals surface area contributed by atoms with Crippen molar-refractivity contribution in [1.82, 2.24) is 4.98 Å². The summed E-state index contributed by atoms with van der Waals surface area (Å²) in [5.74, 6) is -1.08. The van der Waals surface area contributed by atoms with Crippen LogP contribution in [0.2, 0.25) is 0 Å². The lowest BCUT2D eigenvalue weighted by molar-refractivity contribution is 0.0596. The van der Waals surface area contributed by atoms with E-state index >= 15 is 0 Å². The highest BCUT2D eigenvalue weighted by Crippen LogP contribution is 2.26. The molecule has 0 unspecified atom stereocenters. The number of fused-ring (bicyclic) bond motifs is 1. The molecule has 2 aromatic rings. The molecular formula is C11H9FN2O2. The number of nitrogen functional groups attached to an aromatic ring is 1. The predicted molar refractivity (Wildman–Crippen MR) is 57.5 cm³/mol. The second-order valence-electron chi connectivity index (χ2n) is 3.21. The molecule has 0 radical (unpaired) electrons. The maximum absolute atomic E-state index is 13.5. The zero-order valence-corrected chi connectivity index (χ0v) is 8.53. The van der Waals surface area contributed by atoms with Gasteiger partial charge in [-0.25, -0.2) is 14.2 Å². The Morgan fingerprint density at radius 3 is 2.88 bits per heavy atom. The van der Waals surface area contributed by atoms with E-state index in [1.165, 1.54) is 31.5 Å². The van der Waals surface area contributed by atoms with Crippen molar-refractivity contribution in [2.24, 2.45) is 0 Å². The molecule has 1 aromatic carbocycles. The van der Waals surface area contributed by atoms with Crippen LogP contribution in [0, 0.1) is 5.82 Å². The number of hydrogen-bond donors (Lipinski definition) is 1. The van der Waals surface area contributed by atoms with Crippen LogP contribution in [0.25, 0.3) is 10.8 Å². The van der Waals surface area contributed by atoms with Crippen LogP contribution in [0.5, 0.6) is 0 Å². The van der Waals surface area contributed by atoms with E-state index in [-0.39, 0.29) is 16.5 Å². The fraction of sp³-hybridized carbons (Fsp3) is 0.0909. The number of ether oxygens (including phenoxy) is 1. The number of nitrogens with two attached hydrogens (primary N) is 1. The van der Waals surface area contributed by atoms with Crippen LogP contribution in [0.15, 0.2) is 24.4 Å². The molecule has 1 heterocycles. The summed E-state index contributed by atoms with van der Waals surface area (Å²) in [6.45, 7) is 0. The fourth-order valence-corrected chi connectivity index (χ4v) is 1.54. The molecule has 0 saturated carbocycles. The van der Waals surface area contributed by atoms with Gasteiger partial charge in [-0.05, 0) is 18.2 Å². The molecule has 0 aliphatic heterocycles. The summed E-state index contributed by atoms with van der Waals surface area (Å²) in [4.78, 5) is 15.3. The third kappa shape index (κ3) is 1.46. The zero-order valence-electron chi connectivity index (χ0n) is 8.53. The number of hydrogen-bond acceptors (Lipinski definition) is 4. The van der Waals surface area contributed by atoms with Crippen LogP contribution in [-0.4, -0.2) is 18.1 Å². The summed E-state index contributed by atoms with van der Waals surface area (Å²) in [5, 5.41) is 0.546. The topological polar surface area (TPSA) is 65.2 Å². The van der Waals surface area contributed by atoms with Crippen molar-refractivity contribution in [2.45, 2.75) is 0 Å². The van der Waals surface area contributed by atoms with Crippen LogP contribution in [0.1, 0.15) is 10.5 Å². The number of halogens is 1. The predicted octanol–water partition coefficient (Wildman–Crippen LogP) is 1.74. The number of carbonyl (C=O) groups is 1. The first kappa shape index (κ1) is 10.4. The standard InChI is InChI=1S/C11H9FN2O2/c1-16-11(15)10-9-6(4-5-14-10)7(12)2-3-8(9)13/h2-5H,13H2,1H3. The van der Waals surface area contributed by atoms with Crippen molar-refractivity contribution in [3.05, 3.63) is 35.9 Å². The maximum Gasteiger partial charge on any atom is 0.357 e. The lowest BCUT2D eigenvalue weighted by Gasteiger charge is -2.06. The summed E-state index contributed by atoms with van der Waals surface area (Å²) >= 11 is 0. The lowest BCUT2D eigenvalue weighted by atomic mass is 10.1. The number of esters is 1. The Balaban J connectivity index is 2.86. The first-order valence-corrected chi connectivity index (χ1v) is 4.56. The molecule has 0 bridgehead atoms. The molecule has 0 saturated heterocycles. The highest BCUT2D eigenvalue weighted by Gasteiger charge is 2.15. The van der Waals surface area contributed by atoms with Gasteiger partial charge in [0, 0.05) is 22.7 Å². The van der Waals surface area contributed by atoms with Gasteiger partial charge in [-0.1, -0.05) is 0 Å². The molecule has 82 valence electrons. The van der Waals surface area contributed by atoms with Gasteiger partial charge >= 0.3 is 5.97 Å². The SMILES string of the molecule is COC(=O)c1nccc2c(F)ccc(N)c12. The molecule has 0 aliphatic carbocycles. The van der Waals surface area contributed by atoms with Crippen LogP contribution in [-0.2, 0) is 4.74 Å². The van der Waals surface area contributed by atoms with Gasteiger partial charge in [0.2, 0.25) is 0 Å². The van der Waals surface area contributed by atoms with E-state index in [1.54, 1.807) is 0 Å². The molecule has 0 aliphatic rings. The minimum Gasteiger partial charge on any atom is -0.464 e. The highest BCUT2D eigenvalue weighted by atomic mass is 19.1. The monoisotopic (exact) mass is 220 g/mol. The molecular weight excluding hydrogens is 211 g/mol. The van der Waals surface area contributed by atoms with Gasteiger partial charge in [0.05, 0.1) is 7.11 Å². The lowest BCUT2D eigenvalue weighted by Crippen LogP contribution is -2.06. The quantitative estimate of drug-likeness (QED) is 0.587. The number of benzene rings is 1. The Morgan fingerprint density at radius 1 is 1.44 bits per heavy atom. The van der Waals surface area contributed by atoms with Gasteiger partial charge in [-0.2, -0.15) is 0 Å². The van der Waals surface area contributed by atoms with E-state index in [2.05, 4.69) is 9.72 Å². The Morgan fingerprint density at radius 2 is 2.19 bits per heavy atom. The number of nitrogens with zero attached hydrogens (tertiary/aromatic N) is 1. The van der Waals surface area contributed by atoms with E-state index in [0.717, 1.165) is 0 Å². The van der Waals surface area contributed by atoms with Crippen molar-refractivity contribution >= 4 is 22.4 Å². The molecule has 2 rings (SSSR count). The summed E-state index contributed by atoms with van der Waals surface area (Å²) in [5.41, 5.74) is 6.03. The fourth-order valence-electron chi connectivity index (χ4n) is 1.54. The Bertz CT molecular complexity index is 569. The molecule has 0 amide bonds. The van der Waals surface area contributed by atoms with Gasteiger partial charge in [0.15, 0.2) is 5.69 Å². The number of pyridine rings is 1. The van der Waals surface area contributed by atoms with E-state index in [4.69, 9.17) is 5.73 Å². The highest BCUT2D eigenvalue weighted by molar-refractivity contribution is 6.07. The molecule has 5 heteroatoms. The van der Waals surface area contributed by atoms with Gasteiger partial charge in [-0.15, -0.1) is 0 Å². The van der Waals surface area contributed by atoms with E-state index < -0.39 is 11.8 Å². The van der Waals surface area contributed by atoms with Crippen LogP contribution >= 0.6 is 0 Å².